The highest BCUT2D eigenvalue weighted by Gasteiger charge is 2.33. The lowest BCUT2D eigenvalue weighted by Crippen LogP contribution is -2.44. The van der Waals surface area contributed by atoms with Crippen LogP contribution in [0.25, 0.3) is 11.3 Å². The molecule has 2 saturated heterocycles. The van der Waals surface area contributed by atoms with Crippen LogP contribution in [0.4, 0.5) is 33.9 Å². The Labute approximate surface area is 221 Å². The van der Waals surface area contributed by atoms with Crippen LogP contribution < -0.4 is 30.7 Å². The van der Waals surface area contributed by atoms with Crippen molar-refractivity contribution >= 4 is 35.1 Å². The fourth-order valence-corrected chi connectivity index (χ4v) is 5.15. The molecule has 1 aromatic carbocycles. The minimum Gasteiger partial charge on any atom is -0.378 e. The van der Waals surface area contributed by atoms with Gasteiger partial charge in [0, 0.05) is 87.8 Å². The van der Waals surface area contributed by atoms with E-state index in [1.807, 2.05) is 19.2 Å². The molecule has 0 radical (unpaired) electrons. The quantitative estimate of drug-likeness (QED) is 0.525. The van der Waals surface area contributed by atoms with Crippen LogP contribution in [0.2, 0.25) is 0 Å². The van der Waals surface area contributed by atoms with E-state index in [2.05, 4.69) is 37.2 Å². The summed E-state index contributed by atoms with van der Waals surface area (Å²) in [7, 11) is 1.82. The van der Waals surface area contributed by atoms with Crippen LogP contribution in [0.15, 0.2) is 36.7 Å². The van der Waals surface area contributed by atoms with Gasteiger partial charge in [0.2, 0.25) is 11.9 Å². The number of rotatable bonds is 4. The van der Waals surface area contributed by atoms with Gasteiger partial charge in [-0.3, -0.25) is 9.80 Å². The Morgan fingerprint density at radius 1 is 1.03 bits per heavy atom. The van der Waals surface area contributed by atoms with Crippen molar-refractivity contribution in [1.29, 1.82) is 0 Å². The highest BCUT2D eigenvalue weighted by molar-refractivity contribution is 6.04. The summed E-state index contributed by atoms with van der Waals surface area (Å²) in [5.74, 6) is 1.40. The molecular formula is C26H32N10O2. The molecule has 2 fully saturated rings. The number of fused-ring (bicyclic) bond motifs is 1. The Kier molecular flexibility index (Phi) is 6.64. The number of hydrogen-bond donors (Lipinski definition) is 2. The smallest absolute Gasteiger partial charge is 0.329 e. The van der Waals surface area contributed by atoms with Crippen molar-refractivity contribution in [1.82, 2.24) is 25.3 Å². The van der Waals surface area contributed by atoms with Crippen molar-refractivity contribution in [2.75, 3.05) is 91.4 Å². The number of nitrogens with zero attached hydrogens (tertiary/aromatic N) is 8. The Bertz CT molecular complexity index is 1310. The first-order valence-electron chi connectivity index (χ1n) is 13.0. The monoisotopic (exact) mass is 516 g/mol. The van der Waals surface area contributed by atoms with Crippen LogP contribution in [0.3, 0.4) is 0 Å². The van der Waals surface area contributed by atoms with Gasteiger partial charge >= 0.3 is 6.03 Å². The SMILES string of the molecule is CN(C(=O)N1CCc2c(-c3cnc(N)nc3)nc(N3CCOCC3)nc21)c1cccc(N2CCNCC2)c1. The van der Waals surface area contributed by atoms with Gasteiger partial charge in [0.05, 0.1) is 18.9 Å². The van der Waals surface area contributed by atoms with E-state index in [4.69, 9.17) is 20.4 Å². The molecule has 0 saturated carbocycles. The van der Waals surface area contributed by atoms with Gasteiger partial charge < -0.3 is 25.6 Å². The summed E-state index contributed by atoms with van der Waals surface area (Å²) in [6.45, 7) is 6.89. The number of piperazine rings is 1. The predicted molar refractivity (Wildman–Crippen MR) is 147 cm³/mol. The Hall–Kier alpha value is -4.03. The molecule has 0 spiro atoms. The lowest BCUT2D eigenvalue weighted by molar-refractivity contribution is 0.122. The lowest BCUT2D eigenvalue weighted by Gasteiger charge is -2.31. The van der Waals surface area contributed by atoms with E-state index in [1.165, 1.54) is 0 Å². The number of morpholine rings is 1. The summed E-state index contributed by atoms with van der Waals surface area (Å²) in [6.07, 6.45) is 3.98. The van der Waals surface area contributed by atoms with Gasteiger partial charge in [-0.1, -0.05) is 6.07 Å². The largest absolute Gasteiger partial charge is 0.378 e. The first-order chi connectivity index (χ1) is 18.6. The van der Waals surface area contributed by atoms with Crippen molar-refractivity contribution in [3.8, 4) is 11.3 Å². The Balaban J connectivity index is 1.33. The fourth-order valence-electron chi connectivity index (χ4n) is 5.15. The summed E-state index contributed by atoms with van der Waals surface area (Å²) < 4.78 is 5.53. The highest BCUT2D eigenvalue weighted by Crippen LogP contribution is 2.36. The number of aromatic nitrogens is 4. The second-order valence-electron chi connectivity index (χ2n) is 9.60. The van der Waals surface area contributed by atoms with Crippen molar-refractivity contribution in [2.45, 2.75) is 6.42 Å². The summed E-state index contributed by atoms with van der Waals surface area (Å²) in [5.41, 5.74) is 10.1. The van der Waals surface area contributed by atoms with Crippen molar-refractivity contribution in [3.63, 3.8) is 0 Å². The maximum absolute atomic E-state index is 13.9. The van der Waals surface area contributed by atoms with Gasteiger partial charge in [-0.2, -0.15) is 4.98 Å². The molecule has 0 atom stereocenters. The second-order valence-corrected chi connectivity index (χ2v) is 9.60. The third-order valence-corrected chi connectivity index (χ3v) is 7.27. The van der Waals surface area contributed by atoms with E-state index in [1.54, 1.807) is 22.2 Å². The molecule has 38 heavy (non-hydrogen) atoms. The van der Waals surface area contributed by atoms with Gasteiger partial charge in [0.25, 0.3) is 0 Å². The van der Waals surface area contributed by atoms with Crippen molar-refractivity contribution in [3.05, 3.63) is 42.2 Å². The van der Waals surface area contributed by atoms with Gasteiger partial charge in [0.15, 0.2) is 0 Å². The molecule has 198 valence electrons. The molecule has 3 aliphatic rings. The summed E-state index contributed by atoms with van der Waals surface area (Å²) in [4.78, 5) is 39.9. The topological polar surface area (TPSA) is 129 Å². The summed E-state index contributed by atoms with van der Waals surface area (Å²) in [5, 5.41) is 3.38. The van der Waals surface area contributed by atoms with Gasteiger partial charge in [-0.25, -0.2) is 19.7 Å². The van der Waals surface area contributed by atoms with E-state index in [9.17, 15) is 4.79 Å². The molecule has 12 nitrogen and oxygen atoms in total. The minimum atomic E-state index is -0.132. The molecule has 0 aliphatic carbocycles. The van der Waals surface area contributed by atoms with Crippen LogP contribution in [-0.4, -0.2) is 92.0 Å². The van der Waals surface area contributed by atoms with E-state index >= 15 is 0 Å². The number of benzene rings is 1. The number of urea groups is 1. The number of amides is 2. The lowest BCUT2D eigenvalue weighted by atomic mass is 10.1. The van der Waals surface area contributed by atoms with Crippen molar-refractivity contribution in [2.24, 2.45) is 0 Å². The number of nitrogens with two attached hydrogens (primary N) is 1. The maximum atomic E-state index is 13.9. The Morgan fingerprint density at radius 2 is 1.79 bits per heavy atom. The summed E-state index contributed by atoms with van der Waals surface area (Å²) in [6, 6.07) is 8.02. The molecule has 12 heteroatoms. The second kappa shape index (κ2) is 10.4. The van der Waals surface area contributed by atoms with E-state index in [-0.39, 0.29) is 12.0 Å². The minimum absolute atomic E-state index is 0.132. The first kappa shape index (κ1) is 24.3. The number of hydrogen-bond acceptors (Lipinski definition) is 10. The number of anilines is 5. The van der Waals surface area contributed by atoms with Crippen LogP contribution in [0.1, 0.15) is 5.56 Å². The molecule has 0 unspecified atom stereocenters. The van der Waals surface area contributed by atoms with Crippen LogP contribution in [0.5, 0.6) is 0 Å². The van der Waals surface area contributed by atoms with E-state index in [0.29, 0.717) is 51.0 Å². The van der Waals surface area contributed by atoms with Gasteiger partial charge in [-0.05, 0) is 24.6 Å². The van der Waals surface area contributed by atoms with Gasteiger partial charge in [0.1, 0.15) is 5.82 Å². The van der Waals surface area contributed by atoms with E-state index < -0.39 is 0 Å². The molecule has 3 aliphatic heterocycles. The van der Waals surface area contributed by atoms with Crippen LogP contribution in [-0.2, 0) is 11.2 Å². The number of nitrogens with one attached hydrogen (secondary N) is 1. The molecule has 5 heterocycles. The third kappa shape index (κ3) is 4.68. The van der Waals surface area contributed by atoms with Gasteiger partial charge in [-0.15, -0.1) is 0 Å². The predicted octanol–water partition coefficient (Wildman–Crippen LogP) is 1.38. The summed E-state index contributed by atoms with van der Waals surface area (Å²) >= 11 is 0. The number of ether oxygens (including phenoxy) is 1. The number of carbonyl (C=O) groups is 1. The molecule has 3 N–H and O–H groups in total. The first-order valence-corrected chi connectivity index (χ1v) is 13.0. The number of carbonyl (C=O) groups excluding carboxylic acids is 1. The van der Waals surface area contributed by atoms with Crippen LogP contribution in [0, 0.1) is 0 Å². The van der Waals surface area contributed by atoms with E-state index in [0.717, 1.165) is 54.4 Å². The van der Waals surface area contributed by atoms with Crippen LogP contribution >= 0.6 is 0 Å². The molecule has 2 amide bonds. The average molecular weight is 517 g/mol. The zero-order valence-electron chi connectivity index (χ0n) is 21.5. The standard InChI is InChI=1S/C26H32N10O2/c1-33(19-3-2-4-20(15-19)34-9-6-28-7-10-34)26(37)36-8-5-21-22(18-16-29-24(27)30-17-18)31-25(32-23(21)36)35-11-13-38-14-12-35/h2-4,15-17,28H,5-14H2,1H3,(H2,27,29,30). The third-order valence-electron chi connectivity index (χ3n) is 7.27. The zero-order chi connectivity index (χ0) is 26.1. The number of nitrogen functional groups attached to an aromatic ring is 1. The molecular weight excluding hydrogens is 484 g/mol. The molecule has 3 aromatic rings. The maximum Gasteiger partial charge on any atom is 0.329 e. The Morgan fingerprint density at radius 3 is 2.55 bits per heavy atom. The molecule has 6 rings (SSSR count). The molecule has 0 bridgehead atoms. The van der Waals surface area contributed by atoms with Crippen molar-refractivity contribution < 1.29 is 9.53 Å². The fraction of sp³-hybridized carbons (Fsp3) is 0.423. The average Bonchev–Trinajstić information content (AvgIpc) is 3.41. The molecule has 2 aromatic heterocycles. The highest BCUT2D eigenvalue weighted by atomic mass is 16.5. The normalized spacial score (nSPS) is 17.4. The zero-order valence-corrected chi connectivity index (χ0v) is 21.5.